The molecule has 4 nitrogen and oxygen atoms in total. The summed E-state index contributed by atoms with van der Waals surface area (Å²) in [4.78, 5) is 0. The molecule has 1 saturated carbocycles. The Morgan fingerprint density at radius 3 is 2.33 bits per heavy atom. The highest BCUT2D eigenvalue weighted by atomic mass is 16.3. The van der Waals surface area contributed by atoms with Crippen LogP contribution in [0.2, 0.25) is 0 Å². The van der Waals surface area contributed by atoms with Crippen molar-refractivity contribution in [3.8, 4) is 0 Å². The Morgan fingerprint density at radius 1 is 1.29 bits per heavy atom. The smallest absolute Gasteiger partial charge is 0.0891 e. The third kappa shape index (κ3) is 3.32. The molecule has 21 heavy (non-hydrogen) atoms. The summed E-state index contributed by atoms with van der Waals surface area (Å²) in [6.07, 6.45) is 8.35. The molecule has 1 unspecified atom stereocenters. The number of rotatable bonds is 3. The lowest BCUT2D eigenvalue weighted by molar-refractivity contribution is 0.0154. The second kappa shape index (κ2) is 6.09. The van der Waals surface area contributed by atoms with E-state index >= 15 is 0 Å². The minimum absolute atomic E-state index is 0.0713. The fourth-order valence-electron chi connectivity index (χ4n) is 3.64. The molecule has 1 aliphatic rings. The Morgan fingerprint density at radius 2 is 1.86 bits per heavy atom. The molecule has 0 bridgehead atoms. The molecule has 0 spiro atoms. The number of nitrogens with two attached hydrogens (primary N) is 1. The molecule has 4 heteroatoms. The molecule has 1 aromatic heterocycles. The molecule has 1 aliphatic carbocycles. The van der Waals surface area contributed by atoms with Crippen molar-refractivity contribution >= 4 is 0 Å². The topological polar surface area (TPSA) is 64.1 Å². The van der Waals surface area contributed by atoms with Crippen LogP contribution in [0.3, 0.4) is 0 Å². The highest BCUT2D eigenvalue weighted by molar-refractivity contribution is 5.28. The van der Waals surface area contributed by atoms with Crippen molar-refractivity contribution in [3.05, 3.63) is 17.5 Å². The normalized spacial score (nSPS) is 21.0. The van der Waals surface area contributed by atoms with Gasteiger partial charge < -0.3 is 10.8 Å². The van der Waals surface area contributed by atoms with Gasteiger partial charge >= 0.3 is 0 Å². The van der Waals surface area contributed by atoms with E-state index in [2.05, 4.69) is 25.9 Å². The Hall–Kier alpha value is -0.870. The number of hydrogen-bond acceptors (Lipinski definition) is 3. The monoisotopic (exact) mass is 293 g/mol. The van der Waals surface area contributed by atoms with Gasteiger partial charge in [0.15, 0.2) is 0 Å². The first-order valence-electron chi connectivity index (χ1n) is 8.22. The maximum Gasteiger partial charge on any atom is 0.0891 e. The quantitative estimate of drug-likeness (QED) is 0.842. The predicted molar refractivity (Wildman–Crippen MR) is 86.1 cm³/mol. The summed E-state index contributed by atoms with van der Waals surface area (Å²) in [6.45, 7) is 6.99. The molecule has 0 amide bonds. The van der Waals surface area contributed by atoms with E-state index in [4.69, 9.17) is 5.73 Å². The standard InChI is InChI=1S/C17H31N3O/c1-16(2,3)14-13(11-20(4)19-14)15(21)17(12-18)9-7-5-6-8-10-17/h11,15,21H,5-10,12,18H2,1-4H3. The van der Waals surface area contributed by atoms with E-state index in [0.29, 0.717) is 6.54 Å². The molecule has 120 valence electrons. The van der Waals surface area contributed by atoms with Gasteiger partial charge in [0.2, 0.25) is 0 Å². The first-order valence-corrected chi connectivity index (χ1v) is 8.22. The molecule has 1 heterocycles. The summed E-state index contributed by atoms with van der Waals surface area (Å²) in [5.41, 5.74) is 7.84. The van der Waals surface area contributed by atoms with E-state index in [1.807, 2.05) is 17.9 Å². The van der Waals surface area contributed by atoms with Crippen LogP contribution in [-0.4, -0.2) is 21.4 Å². The Labute approximate surface area is 128 Å². The van der Waals surface area contributed by atoms with E-state index < -0.39 is 6.10 Å². The molecule has 1 fully saturated rings. The summed E-state index contributed by atoms with van der Waals surface area (Å²) >= 11 is 0. The number of hydrogen-bond donors (Lipinski definition) is 2. The number of aliphatic hydroxyl groups is 1. The Balaban J connectivity index is 2.40. The Bertz CT molecular complexity index is 465. The lowest BCUT2D eigenvalue weighted by atomic mass is 9.72. The summed E-state index contributed by atoms with van der Waals surface area (Å²) in [5.74, 6) is 0. The van der Waals surface area contributed by atoms with E-state index in [0.717, 1.165) is 24.1 Å². The predicted octanol–water partition coefficient (Wildman–Crippen LogP) is 3.05. The molecule has 0 radical (unpaired) electrons. The minimum Gasteiger partial charge on any atom is -0.388 e. The van der Waals surface area contributed by atoms with Crippen LogP contribution in [0.1, 0.15) is 76.7 Å². The highest BCUT2D eigenvalue weighted by Gasteiger charge is 2.40. The van der Waals surface area contributed by atoms with Gasteiger partial charge in [-0.05, 0) is 12.8 Å². The van der Waals surface area contributed by atoms with E-state index in [9.17, 15) is 5.11 Å². The summed E-state index contributed by atoms with van der Waals surface area (Å²) < 4.78 is 1.82. The lowest BCUT2D eigenvalue weighted by Crippen LogP contribution is -2.37. The van der Waals surface area contributed by atoms with Crippen LogP contribution in [0.15, 0.2) is 6.20 Å². The first-order chi connectivity index (χ1) is 9.80. The molecule has 3 N–H and O–H groups in total. The number of aliphatic hydroxyl groups excluding tert-OH is 1. The fraction of sp³-hybridized carbons (Fsp3) is 0.824. The van der Waals surface area contributed by atoms with Crippen LogP contribution in [-0.2, 0) is 12.5 Å². The van der Waals surface area contributed by atoms with Gasteiger partial charge in [0.25, 0.3) is 0 Å². The maximum atomic E-state index is 11.1. The zero-order valence-electron chi connectivity index (χ0n) is 14.0. The van der Waals surface area contributed by atoms with E-state index in [-0.39, 0.29) is 10.8 Å². The second-order valence-electron chi connectivity index (χ2n) is 7.74. The van der Waals surface area contributed by atoms with Crippen LogP contribution in [0, 0.1) is 5.41 Å². The zero-order valence-corrected chi connectivity index (χ0v) is 14.0. The molecule has 2 rings (SSSR count). The third-order valence-electron chi connectivity index (χ3n) is 4.95. The molecular formula is C17H31N3O. The van der Waals surface area contributed by atoms with Crippen molar-refractivity contribution in [3.63, 3.8) is 0 Å². The number of aryl methyl sites for hydroxylation is 1. The van der Waals surface area contributed by atoms with Crippen molar-refractivity contribution in [2.45, 2.75) is 70.8 Å². The van der Waals surface area contributed by atoms with E-state index in [1.54, 1.807) is 0 Å². The average molecular weight is 293 g/mol. The molecule has 1 atom stereocenters. The third-order valence-corrected chi connectivity index (χ3v) is 4.95. The van der Waals surface area contributed by atoms with Gasteiger partial charge in [-0.25, -0.2) is 0 Å². The van der Waals surface area contributed by atoms with Crippen molar-refractivity contribution < 1.29 is 5.11 Å². The van der Waals surface area contributed by atoms with Gasteiger partial charge in [-0.2, -0.15) is 5.10 Å². The average Bonchev–Trinajstić information content (AvgIpc) is 2.67. The summed E-state index contributed by atoms with van der Waals surface area (Å²) in [7, 11) is 1.92. The molecule has 0 aromatic carbocycles. The van der Waals surface area contributed by atoms with Crippen molar-refractivity contribution in [1.82, 2.24) is 9.78 Å². The maximum absolute atomic E-state index is 11.1. The van der Waals surface area contributed by atoms with Crippen LogP contribution in [0.5, 0.6) is 0 Å². The molecular weight excluding hydrogens is 262 g/mol. The fourth-order valence-corrected chi connectivity index (χ4v) is 3.64. The minimum atomic E-state index is -0.511. The summed E-state index contributed by atoms with van der Waals surface area (Å²) in [5, 5.41) is 15.7. The van der Waals surface area contributed by atoms with Crippen LogP contribution in [0.4, 0.5) is 0 Å². The molecule has 0 saturated heterocycles. The van der Waals surface area contributed by atoms with Crippen molar-refractivity contribution in [2.24, 2.45) is 18.2 Å². The largest absolute Gasteiger partial charge is 0.388 e. The first kappa shape index (κ1) is 16.5. The number of nitrogens with zero attached hydrogens (tertiary/aromatic N) is 2. The van der Waals surface area contributed by atoms with Gasteiger partial charge in [0.1, 0.15) is 0 Å². The van der Waals surface area contributed by atoms with Gasteiger partial charge in [0, 0.05) is 36.2 Å². The van der Waals surface area contributed by atoms with E-state index in [1.165, 1.54) is 25.7 Å². The van der Waals surface area contributed by atoms with Crippen molar-refractivity contribution in [2.75, 3.05) is 6.54 Å². The second-order valence-corrected chi connectivity index (χ2v) is 7.74. The number of aromatic nitrogens is 2. The van der Waals surface area contributed by atoms with Crippen LogP contribution >= 0.6 is 0 Å². The van der Waals surface area contributed by atoms with Gasteiger partial charge in [0.05, 0.1) is 11.8 Å². The van der Waals surface area contributed by atoms with Crippen LogP contribution in [0.25, 0.3) is 0 Å². The molecule has 0 aliphatic heterocycles. The SMILES string of the molecule is Cn1cc(C(O)C2(CN)CCCCCC2)c(C(C)(C)C)n1. The van der Waals surface area contributed by atoms with Crippen molar-refractivity contribution in [1.29, 1.82) is 0 Å². The Kier molecular flexibility index (Phi) is 4.79. The van der Waals surface area contributed by atoms with Gasteiger partial charge in [-0.15, -0.1) is 0 Å². The van der Waals surface area contributed by atoms with Gasteiger partial charge in [-0.3, -0.25) is 4.68 Å². The molecule has 1 aromatic rings. The zero-order chi connectivity index (χ0) is 15.7. The lowest BCUT2D eigenvalue weighted by Gasteiger charge is -2.37. The van der Waals surface area contributed by atoms with Crippen LogP contribution < -0.4 is 5.73 Å². The van der Waals surface area contributed by atoms with Gasteiger partial charge in [-0.1, -0.05) is 46.5 Å². The highest BCUT2D eigenvalue weighted by Crippen LogP contribution is 2.46. The summed E-state index contributed by atoms with van der Waals surface area (Å²) in [6, 6.07) is 0.